The van der Waals surface area contributed by atoms with Crippen molar-refractivity contribution in [3.05, 3.63) is 63.0 Å². The number of thiophene rings is 1. The number of hydrogen-bond acceptors (Lipinski definition) is 4. The highest BCUT2D eigenvalue weighted by Gasteiger charge is 2.35. The van der Waals surface area contributed by atoms with Crippen molar-refractivity contribution in [2.45, 2.75) is 26.8 Å². The fraction of sp³-hybridized carbons (Fsp3) is 0.263. The van der Waals surface area contributed by atoms with Gasteiger partial charge in [0, 0.05) is 21.1 Å². The van der Waals surface area contributed by atoms with Crippen molar-refractivity contribution in [1.82, 2.24) is 5.32 Å². The van der Waals surface area contributed by atoms with Crippen LogP contribution in [0.2, 0.25) is 0 Å². The molecular weight excluding hydrogens is 352 g/mol. The van der Waals surface area contributed by atoms with Gasteiger partial charge in [0.05, 0.1) is 18.7 Å². The SMILES string of the molecule is COC(=O)C1=C(C)N(c2cccc(C)c2)C(=S)NC1c1ccc(C)s1. The van der Waals surface area contributed by atoms with Gasteiger partial charge in [0.2, 0.25) is 0 Å². The van der Waals surface area contributed by atoms with Gasteiger partial charge in [-0.25, -0.2) is 4.79 Å². The Morgan fingerprint density at radius 2 is 2.00 bits per heavy atom. The fourth-order valence-electron chi connectivity index (χ4n) is 3.02. The summed E-state index contributed by atoms with van der Waals surface area (Å²) in [5.74, 6) is -0.346. The Bertz CT molecular complexity index is 870. The van der Waals surface area contributed by atoms with E-state index in [1.807, 2.05) is 62.1 Å². The zero-order chi connectivity index (χ0) is 18.1. The van der Waals surface area contributed by atoms with Crippen molar-refractivity contribution in [3.63, 3.8) is 0 Å². The first-order chi connectivity index (χ1) is 11.9. The van der Waals surface area contributed by atoms with E-state index in [0.717, 1.165) is 21.8 Å². The van der Waals surface area contributed by atoms with Crippen molar-refractivity contribution in [1.29, 1.82) is 0 Å². The van der Waals surface area contributed by atoms with Crippen LogP contribution < -0.4 is 10.2 Å². The number of aryl methyl sites for hydroxylation is 2. The van der Waals surface area contributed by atoms with Gasteiger partial charge >= 0.3 is 5.97 Å². The van der Waals surface area contributed by atoms with Gasteiger partial charge in [-0.1, -0.05) is 12.1 Å². The molecule has 0 aliphatic carbocycles. The summed E-state index contributed by atoms with van der Waals surface area (Å²) in [6.45, 7) is 5.99. The fourth-order valence-corrected chi connectivity index (χ4v) is 4.32. The normalized spacial score (nSPS) is 17.5. The van der Waals surface area contributed by atoms with Gasteiger partial charge < -0.3 is 10.1 Å². The Kier molecular flexibility index (Phi) is 4.92. The number of benzene rings is 1. The Morgan fingerprint density at radius 1 is 1.24 bits per heavy atom. The topological polar surface area (TPSA) is 41.6 Å². The molecule has 0 bridgehead atoms. The first-order valence-electron chi connectivity index (χ1n) is 7.95. The van der Waals surface area contributed by atoms with Crippen molar-refractivity contribution >= 4 is 40.3 Å². The van der Waals surface area contributed by atoms with Gasteiger partial charge in [-0.3, -0.25) is 4.90 Å². The molecule has 1 aliphatic heterocycles. The lowest BCUT2D eigenvalue weighted by atomic mass is 10.00. The van der Waals surface area contributed by atoms with E-state index < -0.39 is 0 Å². The lowest BCUT2D eigenvalue weighted by Gasteiger charge is -2.37. The summed E-state index contributed by atoms with van der Waals surface area (Å²) in [4.78, 5) is 16.7. The molecule has 0 spiro atoms. The number of rotatable bonds is 3. The molecule has 1 unspecified atom stereocenters. The summed E-state index contributed by atoms with van der Waals surface area (Å²) in [7, 11) is 1.41. The standard InChI is InChI=1S/C19H20N2O2S2/c1-11-6-5-7-14(10-11)21-13(3)16(18(22)23-4)17(20-19(21)24)15-9-8-12(2)25-15/h5-10,17H,1-4H3,(H,20,24). The van der Waals surface area contributed by atoms with Gasteiger partial charge in [-0.05, 0) is 62.8 Å². The minimum absolute atomic E-state index is 0.292. The molecule has 1 aromatic carbocycles. The molecule has 0 saturated heterocycles. The number of hydrogen-bond donors (Lipinski definition) is 1. The van der Waals surface area contributed by atoms with Gasteiger partial charge in [0.15, 0.2) is 5.11 Å². The smallest absolute Gasteiger partial charge is 0.338 e. The quantitative estimate of drug-likeness (QED) is 0.644. The van der Waals surface area contributed by atoms with E-state index in [1.165, 1.54) is 12.0 Å². The van der Waals surface area contributed by atoms with Gasteiger partial charge in [0.25, 0.3) is 0 Å². The highest BCUT2D eigenvalue weighted by molar-refractivity contribution is 7.80. The minimum atomic E-state index is -0.346. The highest BCUT2D eigenvalue weighted by atomic mass is 32.1. The molecule has 1 aliphatic rings. The summed E-state index contributed by atoms with van der Waals surface area (Å²) in [5.41, 5.74) is 3.43. The number of esters is 1. The minimum Gasteiger partial charge on any atom is -0.466 e. The van der Waals surface area contributed by atoms with Crippen LogP contribution in [-0.4, -0.2) is 18.2 Å². The predicted octanol–water partition coefficient (Wildman–Crippen LogP) is 4.25. The Morgan fingerprint density at radius 3 is 2.60 bits per heavy atom. The largest absolute Gasteiger partial charge is 0.466 e. The van der Waals surface area contributed by atoms with Crippen LogP contribution in [0.1, 0.15) is 28.3 Å². The summed E-state index contributed by atoms with van der Waals surface area (Å²) in [6, 6.07) is 11.8. The third-order valence-corrected chi connectivity index (χ3v) is 5.56. The lowest BCUT2D eigenvalue weighted by molar-refractivity contribution is -0.136. The number of nitrogens with zero attached hydrogens (tertiary/aromatic N) is 1. The molecule has 0 amide bonds. The number of thiocarbonyl (C=S) groups is 1. The summed E-state index contributed by atoms with van der Waals surface area (Å²) >= 11 is 7.27. The molecule has 0 radical (unpaired) electrons. The number of anilines is 1. The first kappa shape index (κ1) is 17.6. The number of ether oxygens (including phenoxy) is 1. The second-order valence-corrected chi connectivity index (χ2v) is 7.70. The van der Waals surface area contributed by atoms with E-state index in [0.29, 0.717) is 10.7 Å². The van der Waals surface area contributed by atoms with Crippen LogP contribution in [0.5, 0.6) is 0 Å². The molecule has 0 fully saturated rings. The highest BCUT2D eigenvalue weighted by Crippen LogP contribution is 2.36. The molecule has 1 atom stereocenters. The molecule has 2 heterocycles. The molecule has 2 aromatic rings. The zero-order valence-corrected chi connectivity index (χ0v) is 16.3. The molecule has 3 rings (SSSR count). The second-order valence-electron chi connectivity index (χ2n) is 6.00. The zero-order valence-electron chi connectivity index (χ0n) is 14.6. The maximum atomic E-state index is 12.5. The van der Waals surface area contributed by atoms with Crippen LogP contribution in [0.25, 0.3) is 0 Å². The number of carbonyl (C=O) groups is 1. The maximum Gasteiger partial charge on any atom is 0.338 e. The van der Waals surface area contributed by atoms with Crippen molar-refractivity contribution in [2.24, 2.45) is 0 Å². The van der Waals surface area contributed by atoms with E-state index in [-0.39, 0.29) is 12.0 Å². The average molecular weight is 373 g/mol. The van der Waals surface area contributed by atoms with Crippen LogP contribution in [0.4, 0.5) is 5.69 Å². The lowest BCUT2D eigenvalue weighted by Crippen LogP contribution is -2.47. The van der Waals surface area contributed by atoms with Crippen molar-refractivity contribution < 1.29 is 9.53 Å². The molecule has 4 nitrogen and oxygen atoms in total. The molecule has 130 valence electrons. The Labute approximate surface area is 157 Å². The van der Waals surface area contributed by atoms with Crippen molar-refractivity contribution in [3.8, 4) is 0 Å². The van der Waals surface area contributed by atoms with E-state index in [1.54, 1.807) is 11.3 Å². The Balaban J connectivity index is 2.14. The third kappa shape index (κ3) is 3.32. The van der Waals surface area contributed by atoms with Crippen LogP contribution in [-0.2, 0) is 9.53 Å². The summed E-state index contributed by atoms with van der Waals surface area (Å²) in [5, 5.41) is 3.89. The van der Waals surface area contributed by atoms with Crippen LogP contribution in [0.3, 0.4) is 0 Å². The third-order valence-electron chi connectivity index (χ3n) is 4.20. The average Bonchev–Trinajstić information content (AvgIpc) is 3.00. The van der Waals surface area contributed by atoms with Gasteiger partial charge in [-0.2, -0.15) is 0 Å². The number of allylic oxidation sites excluding steroid dienone is 1. The van der Waals surface area contributed by atoms with Gasteiger partial charge in [-0.15, -0.1) is 11.3 Å². The molecule has 6 heteroatoms. The second kappa shape index (κ2) is 6.98. The van der Waals surface area contributed by atoms with Crippen LogP contribution >= 0.6 is 23.6 Å². The molecule has 0 saturated carbocycles. The number of carbonyl (C=O) groups excluding carboxylic acids is 1. The monoisotopic (exact) mass is 372 g/mol. The van der Waals surface area contributed by atoms with Crippen molar-refractivity contribution in [2.75, 3.05) is 12.0 Å². The molecular formula is C19H20N2O2S2. The maximum absolute atomic E-state index is 12.5. The first-order valence-corrected chi connectivity index (χ1v) is 9.17. The van der Waals surface area contributed by atoms with Crippen LogP contribution in [0, 0.1) is 13.8 Å². The van der Waals surface area contributed by atoms with Gasteiger partial charge in [0.1, 0.15) is 0 Å². The van der Waals surface area contributed by atoms with E-state index in [4.69, 9.17) is 17.0 Å². The number of methoxy groups -OCH3 is 1. The van der Waals surface area contributed by atoms with E-state index >= 15 is 0 Å². The summed E-state index contributed by atoms with van der Waals surface area (Å²) in [6.07, 6.45) is 0. The molecule has 25 heavy (non-hydrogen) atoms. The molecule has 1 N–H and O–H groups in total. The van der Waals surface area contributed by atoms with E-state index in [2.05, 4.69) is 5.32 Å². The Hall–Kier alpha value is -2.18. The predicted molar refractivity (Wildman–Crippen MR) is 106 cm³/mol. The summed E-state index contributed by atoms with van der Waals surface area (Å²) < 4.78 is 5.06. The van der Waals surface area contributed by atoms with E-state index in [9.17, 15) is 4.79 Å². The molecule has 1 aromatic heterocycles. The number of nitrogens with one attached hydrogen (secondary N) is 1. The van der Waals surface area contributed by atoms with Crippen LogP contribution in [0.15, 0.2) is 47.7 Å².